The first-order valence-electron chi connectivity index (χ1n) is 5.74. The van der Waals surface area contributed by atoms with Crippen LogP contribution in [0.4, 0.5) is 11.4 Å². The Balaban J connectivity index is 2.52. The van der Waals surface area contributed by atoms with Gasteiger partial charge in [0.2, 0.25) is 5.91 Å². The standard InChI is InChI=1S/C13H16N2O3/c1-8(16)15-7-13(2,3)14-10-6-9(12(17)18)4-5-11(10)15/h4-6,14H,7H2,1-3H3,(H,17,18). The zero-order valence-corrected chi connectivity index (χ0v) is 10.7. The van der Waals surface area contributed by atoms with Gasteiger partial charge in [0.05, 0.1) is 16.9 Å². The molecule has 5 heteroatoms. The van der Waals surface area contributed by atoms with E-state index in [4.69, 9.17) is 5.11 Å². The third kappa shape index (κ3) is 2.16. The lowest BCUT2D eigenvalue weighted by Crippen LogP contribution is -2.50. The van der Waals surface area contributed by atoms with Gasteiger partial charge >= 0.3 is 5.97 Å². The molecular weight excluding hydrogens is 232 g/mol. The molecule has 0 saturated carbocycles. The fourth-order valence-corrected chi connectivity index (χ4v) is 2.17. The molecule has 0 aliphatic carbocycles. The summed E-state index contributed by atoms with van der Waals surface area (Å²) >= 11 is 0. The monoisotopic (exact) mass is 248 g/mol. The van der Waals surface area contributed by atoms with Gasteiger partial charge in [-0.25, -0.2) is 4.79 Å². The van der Waals surface area contributed by atoms with Crippen LogP contribution in [-0.4, -0.2) is 29.1 Å². The predicted molar refractivity (Wildman–Crippen MR) is 69.1 cm³/mol. The fraction of sp³-hybridized carbons (Fsp3) is 0.385. The Morgan fingerprint density at radius 1 is 1.39 bits per heavy atom. The number of carboxylic acids is 1. The summed E-state index contributed by atoms with van der Waals surface area (Å²) in [5.74, 6) is -1.02. The van der Waals surface area contributed by atoms with Gasteiger partial charge in [-0.15, -0.1) is 0 Å². The van der Waals surface area contributed by atoms with Crippen LogP contribution in [-0.2, 0) is 4.79 Å². The highest BCUT2D eigenvalue weighted by atomic mass is 16.4. The lowest BCUT2D eigenvalue weighted by Gasteiger charge is -2.40. The van der Waals surface area contributed by atoms with Gasteiger partial charge in [-0.2, -0.15) is 0 Å². The van der Waals surface area contributed by atoms with Crippen molar-refractivity contribution in [1.82, 2.24) is 0 Å². The molecule has 0 aromatic heterocycles. The molecule has 18 heavy (non-hydrogen) atoms. The number of amides is 1. The van der Waals surface area contributed by atoms with Crippen LogP contribution in [0.1, 0.15) is 31.1 Å². The van der Waals surface area contributed by atoms with E-state index in [0.29, 0.717) is 12.2 Å². The van der Waals surface area contributed by atoms with Crippen molar-refractivity contribution in [2.45, 2.75) is 26.3 Å². The van der Waals surface area contributed by atoms with E-state index in [1.54, 1.807) is 17.0 Å². The number of nitrogens with one attached hydrogen (secondary N) is 1. The van der Waals surface area contributed by atoms with E-state index in [9.17, 15) is 9.59 Å². The third-order valence-electron chi connectivity index (χ3n) is 2.94. The molecule has 0 saturated heterocycles. The molecule has 0 unspecified atom stereocenters. The minimum absolute atomic E-state index is 0.0473. The molecule has 0 radical (unpaired) electrons. The zero-order chi connectivity index (χ0) is 13.5. The van der Waals surface area contributed by atoms with Gasteiger partial charge in [-0.05, 0) is 32.0 Å². The second-order valence-corrected chi connectivity index (χ2v) is 5.15. The molecule has 1 amide bonds. The molecule has 0 spiro atoms. The van der Waals surface area contributed by atoms with Gasteiger partial charge in [0.15, 0.2) is 0 Å². The Morgan fingerprint density at radius 2 is 2.06 bits per heavy atom. The van der Waals surface area contributed by atoms with Gasteiger partial charge in [0, 0.05) is 19.0 Å². The van der Waals surface area contributed by atoms with E-state index in [-0.39, 0.29) is 17.0 Å². The Kier molecular flexibility index (Phi) is 2.77. The smallest absolute Gasteiger partial charge is 0.335 e. The van der Waals surface area contributed by atoms with Crippen LogP contribution in [0.25, 0.3) is 0 Å². The molecule has 0 atom stereocenters. The Labute approximate surface area is 105 Å². The first kappa shape index (κ1) is 12.4. The van der Waals surface area contributed by atoms with Crippen LogP contribution in [0, 0.1) is 0 Å². The minimum atomic E-state index is -0.975. The molecule has 5 nitrogen and oxygen atoms in total. The number of aromatic carboxylic acids is 1. The van der Waals surface area contributed by atoms with Crippen molar-refractivity contribution < 1.29 is 14.7 Å². The van der Waals surface area contributed by atoms with Crippen molar-refractivity contribution in [2.75, 3.05) is 16.8 Å². The summed E-state index contributed by atoms with van der Waals surface area (Å²) < 4.78 is 0. The highest BCUT2D eigenvalue weighted by Crippen LogP contribution is 2.35. The van der Waals surface area contributed by atoms with Crippen LogP contribution in [0.2, 0.25) is 0 Å². The lowest BCUT2D eigenvalue weighted by atomic mass is 9.98. The average molecular weight is 248 g/mol. The van der Waals surface area contributed by atoms with E-state index in [0.717, 1.165) is 5.69 Å². The Morgan fingerprint density at radius 3 is 2.61 bits per heavy atom. The number of anilines is 2. The van der Waals surface area contributed by atoms with Crippen molar-refractivity contribution in [3.8, 4) is 0 Å². The molecular formula is C13H16N2O3. The number of carboxylic acid groups (broad SMARTS) is 1. The Hall–Kier alpha value is -2.04. The fourth-order valence-electron chi connectivity index (χ4n) is 2.17. The maximum Gasteiger partial charge on any atom is 0.335 e. The molecule has 2 N–H and O–H groups in total. The zero-order valence-electron chi connectivity index (χ0n) is 10.7. The van der Waals surface area contributed by atoms with Gasteiger partial charge in [0.1, 0.15) is 0 Å². The van der Waals surface area contributed by atoms with Crippen LogP contribution < -0.4 is 10.2 Å². The maximum absolute atomic E-state index is 11.6. The van der Waals surface area contributed by atoms with Gasteiger partial charge in [-0.3, -0.25) is 4.79 Å². The number of fused-ring (bicyclic) bond motifs is 1. The summed E-state index contributed by atoms with van der Waals surface area (Å²) in [6, 6.07) is 4.74. The summed E-state index contributed by atoms with van der Waals surface area (Å²) in [7, 11) is 0. The second-order valence-electron chi connectivity index (χ2n) is 5.15. The molecule has 1 aliphatic heterocycles. The summed E-state index contributed by atoms with van der Waals surface area (Å²) in [6.45, 7) is 6.01. The quantitative estimate of drug-likeness (QED) is 0.797. The van der Waals surface area contributed by atoms with Crippen molar-refractivity contribution in [3.05, 3.63) is 23.8 Å². The number of nitrogens with zero attached hydrogens (tertiary/aromatic N) is 1. The molecule has 0 fully saturated rings. The molecule has 0 bridgehead atoms. The highest BCUT2D eigenvalue weighted by molar-refractivity contribution is 5.99. The van der Waals surface area contributed by atoms with Crippen LogP contribution >= 0.6 is 0 Å². The van der Waals surface area contributed by atoms with Crippen molar-refractivity contribution in [3.63, 3.8) is 0 Å². The van der Waals surface area contributed by atoms with Crippen molar-refractivity contribution in [2.24, 2.45) is 0 Å². The van der Waals surface area contributed by atoms with Gasteiger partial charge in [0.25, 0.3) is 0 Å². The highest BCUT2D eigenvalue weighted by Gasteiger charge is 2.31. The number of benzene rings is 1. The maximum atomic E-state index is 11.6. The molecule has 1 heterocycles. The number of carbonyl (C=O) groups excluding carboxylic acids is 1. The lowest BCUT2D eigenvalue weighted by molar-refractivity contribution is -0.116. The summed E-state index contributed by atoms with van der Waals surface area (Å²) in [5, 5.41) is 12.2. The summed E-state index contributed by atoms with van der Waals surface area (Å²) in [5.41, 5.74) is 1.34. The molecule has 1 aromatic rings. The second kappa shape index (κ2) is 4.01. The van der Waals surface area contributed by atoms with Crippen molar-refractivity contribution in [1.29, 1.82) is 0 Å². The Bertz CT molecular complexity index is 523. The van der Waals surface area contributed by atoms with Gasteiger partial charge in [-0.1, -0.05) is 0 Å². The topological polar surface area (TPSA) is 69.6 Å². The van der Waals surface area contributed by atoms with E-state index in [1.807, 2.05) is 13.8 Å². The van der Waals surface area contributed by atoms with Gasteiger partial charge < -0.3 is 15.3 Å². The number of hydrogen-bond acceptors (Lipinski definition) is 3. The van der Waals surface area contributed by atoms with Crippen LogP contribution in [0.3, 0.4) is 0 Å². The SMILES string of the molecule is CC(=O)N1CC(C)(C)Nc2cc(C(=O)O)ccc21. The number of rotatable bonds is 1. The minimum Gasteiger partial charge on any atom is -0.478 e. The first-order valence-corrected chi connectivity index (χ1v) is 5.74. The van der Waals surface area contributed by atoms with E-state index >= 15 is 0 Å². The van der Waals surface area contributed by atoms with E-state index in [2.05, 4.69) is 5.32 Å². The third-order valence-corrected chi connectivity index (χ3v) is 2.94. The average Bonchev–Trinajstić information content (AvgIpc) is 2.25. The summed E-state index contributed by atoms with van der Waals surface area (Å²) in [4.78, 5) is 24.3. The normalized spacial score (nSPS) is 16.7. The van der Waals surface area contributed by atoms with E-state index in [1.165, 1.54) is 13.0 Å². The molecule has 1 aliphatic rings. The number of hydrogen-bond donors (Lipinski definition) is 2. The number of carbonyl (C=O) groups is 2. The molecule has 96 valence electrons. The molecule has 2 rings (SSSR count). The largest absolute Gasteiger partial charge is 0.478 e. The molecule has 1 aromatic carbocycles. The predicted octanol–water partition coefficient (Wildman–Crippen LogP) is 1.94. The van der Waals surface area contributed by atoms with E-state index < -0.39 is 5.97 Å². The first-order chi connectivity index (χ1) is 8.30. The van der Waals surface area contributed by atoms with Crippen LogP contribution in [0.15, 0.2) is 18.2 Å². The van der Waals surface area contributed by atoms with Crippen LogP contribution in [0.5, 0.6) is 0 Å². The van der Waals surface area contributed by atoms with Crippen molar-refractivity contribution >= 4 is 23.3 Å². The summed E-state index contributed by atoms with van der Waals surface area (Å²) in [6.07, 6.45) is 0.